The van der Waals surface area contributed by atoms with Crippen LogP contribution in [0.25, 0.3) is 0 Å². The highest BCUT2D eigenvalue weighted by Crippen LogP contribution is 2.28. The van der Waals surface area contributed by atoms with Crippen LogP contribution in [0.4, 0.5) is 0 Å². The standard InChI is InChI=1S/C14H20N/c1-12(13-8-4-3-5-9-13)14-10-6-7-11-15(14)2/h3-5,8-9,12,14H,1,6-7,10-11H2,2H3. The first kappa shape index (κ1) is 10.7. The van der Waals surface area contributed by atoms with Crippen LogP contribution in [0.5, 0.6) is 0 Å². The maximum atomic E-state index is 4.34. The minimum absolute atomic E-state index is 0.413. The van der Waals surface area contributed by atoms with Crippen molar-refractivity contribution in [1.82, 2.24) is 4.90 Å². The lowest BCUT2D eigenvalue weighted by atomic mass is 9.87. The number of piperidine rings is 1. The summed E-state index contributed by atoms with van der Waals surface area (Å²) in [4.78, 5) is 2.47. The van der Waals surface area contributed by atoms with Gasteiger partial charge in [-0.15, -0.1) is 0 Å². The molecule has 1 saturated heterocycles. The average Bonchev–Trinajstić information content (AvgIpc) is 2.30. The van der Waals surface area contributed by atoms with Crippen LogP contribution >= 0.6 is 0 Å². The van der Waals surface area contributed by atoms with Crippen LogP contribution in [0.1, 0.15) is 30.7 Å². The van der Waals surface area contributed by atoms with Gasteiger partial charge in [0.25, 0.3) is 0 Å². The van der Waals surface area contributed by atoms with Gasteiger partial charge >= 0.3 is 0 Å². The number of hydrogen-bond acceptors (Lipinski definition) is 1. The summed E-state index contributed by atoms with van der Waals surface area (Å²) in [6.45, 7) is 5.57. The molecule has 15 heavy (non-hydrogen) atoms. The third-order valence-electron chi connectivity index (χ3n) is 3.52. The van der Waals surface area contributed by atoms with Gasteiger partial charge in [-0.2, -0.15) is 0 Å². The summed E-state index contributed by atoms with van der Waals surface area (Å²) in [5, 5.41) is 0. The first-order valence-corrected chi connectivity index (χ1v) is 5.87. The van der Waals surface area contributed by atoms with Gasteiger partial charge in [0.1, 0.15) is 0 Å². The summed E-state index contributed by atoms with van der Waals surface area (Å²) in [6, 6.07) is 11.3. The highest BCUT2D eigenvalue weighted by atomic mass is 15.1. The normalized spacial score (nSPS) is 25.1. The predicted octanol–water partition coefficient (Wildman–Crippen LogP) is 3.09. The van der Waals surface area contributed by atoms with Crippen LogP contribution in [-0.4, -0.2) is 24.5 Å². The van der Waals surface area contributed by atoms with Crippen LogP contribution in [0, 0.1) is 6.92 Å². The molecule has 0 aromatic heterocycles. The van der Waals surface area contributed by atoms with Crippen molar-refractivity contribution in [3.8, 4) is 0 Å². The van der Waals surface area contributed by atoms with Crippen LogP contribution in [0.15, 0.2) is 30.3 Å². The van der Waals surface area contributed by atoms with Gasteiger partial charge < -0.3 is 4.90 Å². The third kappa shape index (κ3) is 2.40. The van der Waals surface area contributed by atoms with E-state index in [1.54, 1.807) is 0 Å². The molecule has 0 spiro atoms. The SMILES string of the molecule is [CH2]C(c1ccccc1)C1CCCCN1C. The van der Waals surface area contributed by atoms with E-state index in [1.165, 1.54) is 31.4 Å². The van der Waals surface area contributed by atoms with E-state index in [-0.39, 0.29) is 0 Å². The molecule has 1 heteroatoms. The molecule has 0 bridgehead atoms. The minimum atomic E-state index is 0.413. The van der Waals surface area contributed by atoms with E-state index in [9.17, 15) is 0 Å². The molecule has 1 fully saturated rings. The van der Waals surface area contributed by atoms with Crippen molar-refractivity contribution in [2.75, 3.05) is 13.6 Å². The molecule has 1 aromatic carbocycles. The molecular formula is C14H20N. The van der Waals surface area contributed by atoms with Gasteiger partial charge in [0.2, 0.25) is 0 Å². The Morgan fingerprint density at radius 2 is 2.00 bits per heavy atom. The average molecular weight is 202 g/mol. The summed E-state index contributed by atoms with van der Waals surface area (Å²) >= 11 is 0. The van der Waals surface area contributed by atoms with E-state index < -0.39 is 0 Å². The van der Waals surface area contributed by atoms with Crippen molar-refractivity contribution >= 4 is 0 Å². The fourth-order valence-electron chi connectivity index (χ4n) is 2.53. The molecule has 1 aliphatic rings. The summed E-state index contributed by atoms with van der Waals surface area (Å²) in [6.07, 6.45) is 3.99. The highest BCUT2D eigenvalue weighted by Gasteiger charge is 2.25. The van der Waals surface area contributed by atoms with E-state index in [0.717, 1.165) is 0 Å². The summed E-state index contributed by atoms with van der Waals surface area (Å²) in [5.74, 6) is 0.413. The number of likely N-dealkylation sites (tertiary alicyclic amines) is 1. The Kier molecular flexibility index (Phi) is 3.42. The lowest BCUT2D eigenvalue weighted by Gasteiger charge is -2.36. The minimum Gasteiger partial charge on any atom is -0.303 e. The quantitative estimate of drug-likeness (QED) is 0.712. The fraction of sp³-hybridized carbons (Fsp3) is 0.500. The first-order chi connectivity index (χ1) is 7.29. The van der Waals surface area contributed by atoms with E-state index in [4.69, 9.17) is 0 Å². The number of rotatable bonds is 2. The van der Waals surface area contributed by atoms with Gasteiger partial charge in [0, 0.05) is 6.04 Å². The Labute approximate surface area is 93.1 Å². The zero-order chi connectivity index (χ0) is 10.7. The highest BCUT2D eigenvalue weighted by molar-refractivity contribution is 5.22. The number of benzene rings is 1. The van der Waals surface area contributed by atoms with E-state index in [0.29, 0.717) is 12.0 Å². The van der Waals surface area contributed by atoms with E-state index in [1.807, 2.05) is 0 Å². The molecule has 1 nitrogen and oxygen atoms in total. The van der Waals surface area contributed by atoms with Crippen molar-refractivity contribution in [3.05, 3.63) is 42.8 Å². The lowest BCUT2D eigenvalue weighted by molar-refractivity contribution is 0.171. The Morgan fingerprint density at radius 1 is 1.27 bits per heavy atom. The van der Waals surface area contributed by atoms with Gasteiger partial charge in [-0.1, -0.05) is 36.8 Å². The second kappa shape index (κ2) is 4.80. The van der Waals surface area contributed by atoms with Gasteiger partial charge in [-0.3, -0.25) is 0 Å². The second-order valence-corrected chi connectivity index (χ2v) is 4.56. The van der Waals surface area contributed by atoms with Crippen LogP contribution in [0.2, 0.25) is 0 Å². The van der Waals surface area contributed by atoms with E-state index in [2.05, 4.69) is 49.2 Å². The lowest BCUT2D eigenvalue weighted by Crippen LogP contribution is -2.39. The maximum absolute atomic E-state index is 4.34. The Balaban J connectivity index is 2.09. The smallest absolute Gasteiger partial charge is 0.0161 e. The fourth-order valence-corrected chi connectivity index (χ4v) is 2.53. The summed E-state index contributed by atoms with van der Waals surface area (Å²) < 4.78 is 0. The monoisotopic (exact) mass is 202 g/mol. The van der Waals surface area contributed by atoms with Gasteiger partial charge in [0.05, 0.1) is 0 Å². The van der Waals surface area contributed by atoms with Crippen molar-refractivity contribution < 1.29 is 0 Å². The molecule has 2 rings (SSSR count). The molecule has 0 saturated carbocycles. The maximum Gasteiger partial charge on any atom is 0.0161 e. The molecule has 2 atom stereocenters. The molecule has 81 valence electrons. The van der Waals surface area contributed by atoms with Gasteiger partial charge in [-0.25, -0.2) is 0 Å². The van der Waals surface area contributed by atoms with Crippen LogP contribution in [0.3, 0.4) is 0 Å². The third-order valence-corrected chi connectivity index (χ3v) is 3.52. The molecule has 1 radical (unpaired) electrons. The Morgan fingerprint density at radius 3 is 2.67 bits per heavy atom. The van der Waals surface area contributed by atoms with E-state index >= 15 is 0 Å². The molecule has 0 N–H and O–H groups in total. The van der Waals surface area contributed by atoms with Gasteiger partial charge in [0.15, 0.2) is 0 Å². The number of hydrogen-bond donors (Lipinski definition) is 0. The van der Waals surface area contributed by atoms with Crippen molar-refractivity contribution in [3.63, 3.8) is 0 Å². The summed E-state index contributed by atoms with van der Waals surface area (Å²) in [5.41, 5.74) is 1.37. The van der Waals surface area contributed by atoms with Crippen LogP contribution < -0.4 is 0 Å². The molecule has 0 aliphatic carbocycles. The topological polar surface area (TPSA) is 3.24 Å². The van der Waals surface area contributed by atoms with Crippen molar-refractivity contribution in [2.45, 2.75) is 31.2 Å². The summed E-state index contributed by atoms with van der Waals surface area (Å²) in [7, 11) is 2.23. The Hall–Kier alpha value is -0.820. The van der Waals surface area contributed by atoms with Crippen molar-refractivity contribution in [1.29, 1.82) is 0 Å². The largest absolute Gasteiger partial charge is 0.303 e. The zero-order valence-corrected chi connectivity index (χ0v) is 9.52. The molecule has 1 aromatic rings. The molecular weight excluding hydrogens is 182 g/mol. The van der Waals surface area contributed by atoms with Crippen molar-refractivity contribution in [2.24, 2.45) is 0 Å². The molecule has 0 amide bonds. The predicted molar refractivity (Wildman–Crippen MR) is 64.8 cm³/mol. The van der Waals surface area contributed by atoms with Crippen LogP contribution in [-0.2, 0) is 0 Å². The van der Waals surface area contributed by atoms with Gasteiger partial charge in [-0.05, 0) is 44.8 Å². The Bertz CT molecular complexity index is 293. The number of likely N-dealkylation sites (N-methyl/N-ethyl adjacent to an activating group) is 1. The zero-order valence-electron chi connectivity index (χ0n) is 9.52. The molecule has 2 unspecified atom stereocenters. The molecule has 1 heterocycles. The first-order valence-electron chi connectivity index (χ1n) is 5.87. The molecule has 1 aliphatic heterocycles. The number of nitrogens with zero attached hydrogens (tertiary/aromatic N) is 1. The second-order valence-electron chi connectivity index (χ2n) is 4.56.